The predicted octanol–water partition coefficient (Wildman–Crippen LogP) is 2.88. The maximum Gasteiger partial charge on any atom is 0.333 e. The summed E-state index contributed by atoms with van der Waals surface area (Å²) >= 11 is 1.62. The Morgan fingerprint density at radius 2 is 1.56 bits per heavy atom. The summed E-state index contributed by atoms with van der Waals surface area (Å²) in [7, 11) is 0. The lowest BCUT2D eigenvalue weighted by Gasteiger charge is -2.13. The molecular formula is C27H25N5O3S. The second-order valence-electron chi connectivity index (χ2n) is 8.46. The number of benzene rings is 2. The number of hydrogen-bond acceptors (Lipinski definition) is 5. The van der Waals surface area contributed by atoms with E-state index < -0.39 is 11.2 Å². The number of nitrogens with zero attached hydrogens (tertiary/aromatic N) is 4. The molecule has 5 aromatic rings. The summed E-state index contributed by atoms with van der Waals surface area (Å²) in [6.45, 7) is 0.728. The van der Waals surface area contributed by atoms with Crippen molar-refractivity contribution in [3.63, 3.8) is 0 Å². The summed E-state index contributed by atoms with van der Waals surface area (Å²) in [5, 5.41) is 4.81. The van der Waals surface area contributed by atoms with E-state index in [1.165, 1.54) is 4.57 Å². The zero-order valence-electron chi connectivity index (χ0n) is 19.5. The number of rotatable bonds is 9. The summed E-state index contributed by atoms with van der Waals surface area (Å²) < 4.78 is 4.21. The van der Waals surface area contributed by atoms with Crippen molar-refractivity contribution in [2.45, 2.75) is 26.1 Å². The van der Waals surface area contributed by atoms with Crippen LogP contribution in [0.4, 0.5) is 0 Å². The van der Waals surface area contributed by atoms with E-state index in [0.29, 0.717) is 30.7 Å². The molecule has 36 heavy (non-hydrogen) atoms. The number of carbonyl (C=O) groups excluding carboxylic acids is 1. The van der Waals surface area contributed by atoms with Crippen LogP contribution in [0.5, 0.6) is 0 Å². The molecule has 0 aliphatic carbocycles. The second kappa shape index (κ2) is 10.6. The highest BCUT2D eigenvalue weighted by Crippen LogP contribution is 2.12. The molecule has 0 saturated heterocycles. The Morgan fingerprint density at radius 1 is 0.861 bits per heavy atom. The first-order valence-corrected chi connectivity index (χ1v) is 12.5. The second-order valence-corrected chi connectivity index (χ2v) is 9.49. The molecule has 0 aliphatic rings. The molecule has 0 spiro atoms. The summed E-state index contributed by atoms with van der Waals surface area (Å²) in [6, 6.07) is 23.2. The lowest BCUT2D eigenvalue weighted by atomic mass is 10.2. The van der Waals surface area contributed by atoms with Gasteiger partial charge in [0.25, 0.3) is 5.56 Å². The first-order chi connectivity index (χ1) is 17.6. The average molecular weight is 500 g/mol. The quantitative estimate of drug-likeness (QED) is 0.338. The minimum atomic E-state index is -0.560. The van der Waals surface area contributed by atoms with Gasteiger partial charge in [0.05, 0.1) is 12.9 Å². The van der Waals surface area contributed by atoms with Crippen LogP contribution in [0.1, 0.15) is 16.0 Å². The maximum atomic E-state index is 13.5. The van der Waals surface area contributed by atoms with Crippen LogP contribution in [0.2, 0.25) is 0 Å². The Balaban J connectivity index is 1.51. The van der Waals surface area contributed by atoms with Crippen molar-refractivity contribution in [1.82, 2.24) is 24.0 Å². The number of fused-ring (bicyclic) bond motifs is 1. The Morgan fingerprint density at radius 3 is 2.22 bits per heavy atom. The van der Waals surface area contributed by atoms with E-state index in [1.807, 2.05) is 78.2 Å². The van der Waals surface area contributed by atoms with Crippen molar-refractivity contribution in [3.8, 4) is 0 Å². The smallest absolute Gasteiger partial charge is 0.333 e. The normalized spacial score (nSPS) is 11.1. The molecule has 3 aromatic heterocycles. The third-order valence-electron chi connectivity index (χ3n) is 5.94. The number of amides is 1. The van der Waals surface area contributed by atoms with Crippen LogP contribution in [0.15, 0.2) is 94.1 Å². The minimum Gasteiger partial charge on any atom is -0.354 e. The molecule has 0 saturated carbocycles. The topological polar surface area (TPSA) is 90.9 Å². The van der Waals surface area contributed by atoms with Crippen LogP contribution >= 0.6 is 11.3 Å². The standard InChI is InChI=1S/C27H25N5O3S/c33-23(28-14-13-22-12-7-15-36-22)18-32-26(34)24-25(29-19-30(24)16-20-8-3-1-4-9-20)31(27(32)35)17-21-10-5-2-6-11-21/h1-12,15,19H,13-14,16-18H2,(H,28,33). The van der Waals surface area contributed by atoms with E-state index in [9.17, 15) is 14.4 Å². The average Bonchev–Trinajstić information content (AvgIpc) is 3.56. The molecule has 0 fully saturated rings. The molecule has 1 amide bonds. The third kappa shape index (κ3) is 5.06. The van der Waals surface area contributed by atoms with Crippen LogP contribution in [-0.2, 0) is 30.8 Å². The summed E-state index contributed by atoms with van der Waals surface area (Å²) in [5.41, 5.74) is 1.40. The van der Waals surface area contributed by atoms with Crippen molar-refractivity contribution in [3.05, 3.63) is 121 Å². The molecule has 3 heterocycles. The number of imidazole rings is 1. The maximum absolute atomic E-state index is 13.5. The fourth-order valence-corrected chi connectivity index (χ4v) is 4.88. The van der Waals surface area contributed by atoms with Crippen molar-refractivity contribution in [1.29, 1.82) is 0 Å². The highest BCUT2D eigenvalue weighted by molar-refractivity contribution is 7.09. The summed E-state index contributed by atoms with van der Waals surface area (Å²) in [4.78, 5) is 45.3. The molecule has 0 radical (unpaired) electrons. The molecule has 0 bridgehead atoms. The van der Waals surface area contributed by atoms with Crippen molar-refractivity contribution < 1.29 is 4.79 Å². The zero-order valence-corrected chi connectivity index (χ0v) is 20.4. The lowest BCUT2D eigenvalue weighted by Crippen LogP contribution is -2.44. The van der Waals surface area contributed by atoms with E-state index in [-0.39, 0.29) is 19.0 Å². The van der Waals surface area contributed by atoms with Crippen LogP contribution in [0.3, 0.4) is 0 Å². The largest absolute Gasteiger partial charge is 0.354 e. The number of thiophene rings is 1. The third-order valence-corrected chi connectivity index (χ3v) is 6.87. The molecule has 0 unspecified atom stereocenters. The Labute approximate surface area is 211 Å². The molecular weight excluding hydrogens is 474 g/mol. The Hall–Kier alpha value is -4.24. The number of nitrogens with one attached hydrogen (secondary N) is 1. The van der Waals surface area contributed by atoms with Gasteiger partial charge in [-0.25, -0.2) is 14.3 Å². The predicted molar refractivity (Wildman–Crippen MR) is 140 cm³/mol. The number of aromatic nitrogens is 4. The molecule has 2 aromatic carbocycles. The molecule has 1 N–H and O–H groups in total. The van der Waals surface area contributed by atoms with Crippen molar-refractivity contribution >= 4 is 28.4 Å². The van der Waals surface area contributed by atoms with Crippen LogP contribution in [-0.4, -0.2) is 31.1 Å². The number of hydrogen-bond donors (Lipinski definition) is 1. The summed E-state index contributed by atoms with van der Waals surface area (Å²) in [5.74, 6) is -0.384. The van der Waals surface area contributed by atoms with Gasteiger partial charge in [-0.05, 0) is 29.0 Å². The SMILES string of the molecule is O=C(Cn1c(=O)c2c(ncn2Cc2ccccc2)n(Cc2ccccc2)c1=O)NCCc1cccs1. The van der Waals surface area contributed by atoms with E-state index in [1.54, 1.807) is 22.2 Å². The molecule has 182 valence electrons. The van der Waals surface area contributed by atoms with Gasteiger partial charge >= 0.3 is 5.69 Å². The molecule has 8 nitrogen and oxygen atoms in total. The highest BCUT2D eigenvalue weighted by Gasteiger charge is 2.20. The highest BCUT2D eigenvalue weighted by atomic mass is 32.1. The lowest BCUT2D eigenvalue weighted by molar-refractivity contribution is -0.121. The van der Waals surface area contributed by atoms with Gasteiger partial charge in [0, 0.05) is 18.0 Å². The molecule has 5 rings (SSSR count). The van der Waals surface area contributed by atoms with Crippen LogP contribution in [0.25, 0.3) is 11.2 Å². The van der Waals surface area contributed by atoms with Gasteiger partial charge in [-0.3, -0.25) is 14.2 Å². The van der Waals surface area contributed by atoms with Gasteiger partial charge in [-0.1, -0.05) is 66.7 Å². The van der Waals surface area contributed by atoms with E-state index in [2.05, 4.69) is 10.3 Å². The first kappa shape index (κ1) is 23.5. The van der Waals surface area contributed by atoms with Crippen molar-refractivity contribution in [2.24, 2.45) is 0 Å². The summed E-state index contributed by atoms with van der Waals surface area (Å²) in [6.07, 6.45) is 2.27. The van der Waals surface area contributed by atoms with Crippen molar-refractivity contribution in [2.75, 3.05) is 6.54 Å². The van der Waals surface area contributed by atoms with Gasteiger partial charge in [-0.2, -0.15) is 0 Å². The molecule has 0 aliphatic heterocycles. The minimum absolute atomic E-state index is 0.235. The van der Waals surface area contributed by atoms with Gasteiger partial charge in [0.1, 0.15) is 6.54 Å². The molecule has 9 heteroatoms. The van der Waals surface area contributed by atoms with Gasteiger partial charge < -0.3 is 9.88 Å². The fraction of sp³-hybridized carbons (Fsp3) is 0.185. The first-order valence-electron chi connectivity index (χ1n) is 11.7. The van der Waals surface area contributed by atoms with Crippen LogP contribution < -0.4 is 16.6 Å². The monoisotopic (exact) mass is 499 g/mol. The molecule has 0 atom stereocenters. The number of carbonyl (C=O) groups is 1. The zero-order chi connectivity index (χ0) is 24.9. The van der Waals surface area contributed by atoms with Gasteiger partial charge in [-0.15, -0.1) is 11.3 Å². The van der Waals surface area contributed by atoms with E-state index in [4.69, 9.17) is 0 Å². The van der Waals surface area contributed by atoms with E-state index >= 15 is 0 Å². The van der Waals surface area contributed by atoms with E-state index in [0.717, 1.165) is 20.6 Å². The van der Waals surface area contributed by atoms with Crippen LogP contribution in [0, 0.1) is 0 Å². The fourth-order valence-electron chi connectivity index (χ4n) is 4.17. The Kier molecular flexibility index (Phi) is 6.90. The Bertz CT molecular complexity index is 1590. The van der Waals surface area contributed by atoms with Gasteiger partial charge in [0.15, 0.2) is 11.2 Å². The van der Waals surface area contributed by atoms with Gasteiger partial charge in [0.2, 0.25) is 5.91 Å².